The minimum absolute atomic E-state index is 0.247. The largest absolute Gasteiger partial charge is 0.328 e. The van der Waals surface area contributed by atoms with Crippen LogP contribution in [0.15, 0.2) is 6.20 Å². The van der Waals surface area contributed by atoms with Gasteiger partial charge in [-0.05, 0) is 19.8 Å². The highest BCUT2D eigenvalue weighted by Crippen LogP contribution is 1.98. The molecule has 0 aromatic carbocycles. The minimum atomic E-state index is 0.247. The van der Waals surface area contributed by atoms with E-state index in [1.54, 1.807) is 4.68 Å². The van der Waals surface area contributed by atoms with E-state index in [4.69, 9.17) is 5.73 Å². The Morgan fingerprint density at radius 3 is 2.91 bits per heavy atom. The number of hydrogen-bond donors (Lipinski definition) is 1. The second kappa shape index (κ2) is 3.48. The molecule has 1 rings (SSSR count). The highest BCUT2D eigenvalue weighted by atomic mass is 15.4. The summed E-state index contributed by atoms with van der Waals surface area (Å²) in [5, 5.41) is 7.77. The lowest BCUT2D eigenvalue weighted by molar-refractivity contribution is 0.656. The number of nitrogens with two attached hydrogens (primary N) is 1. The topological polar surface area (TPSA) is 56.7 Å². The standard InChI is InChI=1S/C7H14N4/c1-6(8)3-4-7-5-11(2)10-9-7/h5-6H,3-4,8H2,1-2H3/t6-/m0/s1. The van der Waals surface area contributed by atoms with Gasteiger partial charge < -0.3 is 5.73 Å². The lowest BCUT2D eigenvalue weighted by Crippen LogP contribution is -2.15. The zero-order chi connectivity index (χ0) is 8.27. The van der Waals surface area contributed by atoms with Crippen LogP contribution in [0.5, 0.6) is 0 Å². The molecule has 4 nitrogen and oxygen atoms in total. The van der Waals surface area contributed by atoms with E-state index in [-0.39, 0.29) is 6.04 Å². The SMILES string of the molecule is C[C@H](N)CCc1cn(C)nn1. The van der Waals surface area contributed by atoms with Gasteiger partial charge in [-0.3, -0.25) is 4.68 Å². The molecule has 0 fully saturated rings. The molecule has 0 aliphatic heterocycles. The first-order chi connectivity index (χ1) is 5.18. The summed E-state index contributed by atoms with van der Waals surface area (Å²) in [5.41, 5.74) is 6.61. The van der Waals surface area contributed by atoms with Crippen molar-refractivity contribution in [1.29, 1.82) is 0 Å². The smallest absolute Gasteiger partial charge is 0.0827 e. The number of nitrogens with zero attached hydrogens (tertiary/aromatic N) is 3. The number of aromatic nitrogens is 3. The predicted octanol–water partition coefficient (Wildman–Crippen LogP) is 0.0949. The van der Waals surface area contributed by atoms with Gasteiger partial charge in [0.15, 0.2) is 0 Å². The molecule has 1 aromatic rings. The molecule has 1 atom stereocenters. The molecule has 0 aliphatic carbocycles. The summed E-state index contributed by atoms with van der Waals surface area (Å²) in [6.07, 6.45) is 3.81. The van der Waals surface area contributed by atoms with Crippen molar-refractivity contribution < 1.29 is 0 Å². The highest BCUT2D eigenvalue weighted by Gasteiger charge is 1.99. The number of hydrogen-bond acceptors (Lipinski definition) is 3. The van der Waals surface area contributed by atoms with Gasteiger partial charge in [0.2, 0.25) is 0 Å². The van der Waals surface area contributed by atoms with E-state index in [1.807, 2.05) is 20.2 Å². The maximum Gasteiger partial charge on any atom is 0.0827 e. The zero-order valence-corrected chi connectivity index (χ0v) is 6.99. The van der Waals surface area contributed by atoms with Crippen LogP contribution in [0.4, 0.5) is 0 Å². The first-order valence-corrected chi connectivity index (χ1v) is 3.79. The summed E-state index contributed by atoms with van der Waals surface area (Å²) < 4.78 is 1.70. The van der Waals surface area contributed by atoms with Gasteiger partial charge in [-0.15, -0.1) is 5.10 Å². The molecular formula is C7H14N4. The Balaban J connectivity index is 2.39. The Morgan fingerprint density at radius 2 is 2.45 bits per heavy atom. The van der Waals surface area contributed by atoms with Gasteiger partial charge in [-0.2, -0.15) is 0 Å². The molecular weight excluding hydrogens is 140 g/mol. The maximum atomic E-state index is 5.59. The molecule has 1 aromatic heterocycles. The number of rotatable bonds is 3. The molecule has 0 bridgehead atoms. The van der Waals surface area contributed by atoms with E-state index in [9.17, 15) is 0 Å². The van der Waals surface area contributed by atoms with Crippen molar-refractivity contribution in [2.45, 2.75) is 25.8 Å². The van der Waals surface area contributed by atoms with Crippen LogP contribution >= 0.6 is 0 Å². The molecule has 4 heteroatoms. The van der Waals surface area contributed by atoms with Gasteiger partial charge >= 0.3 is 0 Å². The van der Waals surface area contributed by atoms with Crippen molar-refractivity contribution in [3.63, 3.8) is 0 Å². The van der Waals surface area contributed by atoms with Crippen LogP contribution in [0.1, 0.15) is 19.0 Å². The normalized spacial score (nSPS) is 13.4. The Labute approximate surface area is 66.4 Å². The molecule has 0 amide bonds. The molecule has 62 valence electrons. The second-order valence-electron chi connectivity index (χ2n) is 2.90. The molecule has 11 heavy (non-hydrogen) atoms. The molecule has 0 unspecified atom stereocenters. The average Bonchev–Trinajstić information content (AvgIpc) is 2.31. The van der Waals surface area contributed by atoms with Crippen LogP contribution < -0.4 is 5.73 Å². The van der Waals surface area contributed by atoms with Crippen molar-refractivity contribution in [3.05, 3.63) is 11.9 Å². The van der Waals surface area contributed by atoms with Crippen molar-refractivity contribution in [2.24, 2.45) is 12.8 Å². The third kappa shape index (κ3) is 2.67. The van der Waals surface area contributed by atoms with Gasteiger partial charge in [0.25, 0.3) is 0 Å². The van der Waals surface area contributed by atoms with Gasteiger partial charge in [0.1, 0.15) is 0 Å². The van der Waals surface area contributed by atoms with Gasteiger partial charge in [0.05, 0.1) is 5.69 Å². The molecule has 1 heterocycles. The summed E-state index contributed by atoms with van der Waals surface area (Å²) >= 11 is 0. The minimum Gasteiger partial charge on any atom is -0.328 e. The van der Waals surface area contributed by atoms with E-state index >= 15 is 0 Å². The van der Waals surface area contributed by atoms with Crippen molar-refractivity contribution in [2.75, 3.05) is 0 Å². The van der Waals surface area contributed by atoms with Crippen LogP contribution in [-0.2, 0) is 13.5 Å². The average molecular weight is 154 g/mol. The van der Waals surface area contributed by atoms with E-state index in [1.165, 1.54) is 0 Å². The second-order valence-corrected chi connectivity index (χ2v) is 2.90. The lowest BCUT2D eigenvalue weighted by atomic mass is 10.2. The quantitative estimate of drug-likeness (QED) is 0.671. The van der Waals surface area contributed by atoms with Gasteiger partial charge in [-0.1, -0.05) is 5.21 Å². The fourth-order valence-electron chi connectivity index (χ4n) is 0.885. The first-order valence-electron chi connectivity index (χ1n) is 3.79. The van der Waals surface area contributed by atoms with Crippen LogP contribution in [0.3, 0.4) is 0 Å². The molecule has 0 aliphatic rings. The first kappa shape index (κ1) is 8.20. The van der Waals surface area contributed by atoms with Gasteiger partial charge in [-0.25, -0.2) is 0 Å². The molecule has 0 saturated heterocycles. The van der Waals surface area contributed by atoms with Crippen LogP contribution in [0.25, 0.3) is 0 Å². The van der Waals surface area contributed by atoms with Crippen molar-refractivity contribution in [3.8, 4) is 0 Å². The molecule has 2 N–H and O–H groups in total. The summed E-state index contributed by atoms with van der Waals surface area (Å²) in [4.78, 5) is 0. The van der Waals surface area contributed by atoms with E-state index < -0.39 is 0 Å². The predicted molar refractivity (Wildman–Crippen MR) is 43.0 cm³/mol. The van der Waals surface area contributed by atoms with Crippen LogP contribution in [-0.4, -0.2) is 21.0 Å². The number of aryl methyl sites for hydroxylation is 2. The molecule has 0 saturated carbocycles. The Hall–Kier alpha value is -0.900. The van der Waals surface area contributed by atoms with E-state index in [2.05, 4.69) is 10.3 Å². The molecule has 0 radical (unpaired) electrons. The fraction of sp³-hybridized carbons (Fsp3) is 0.714. The van der Waals surface area contributed by atoms with E-state index in [0.29, 0.717) is 0 Å². The fourth-order valence-corrected chi connectivity index (χ4v) is 0.885. The third-order valence-corrected chi connectivity index (χ3v) is 1.51. The van der Waals surface area contributed by atoms with Crippen LogP contribution in [0.2, 0.25) is 0 Å². The summed E-state index contributed by atoms with van der Waals surface area (Å²) in [6, 6.07) is 0.247. The summed E-state index contributed by atoms with van der Waals surface area (Å²) in [5.74, 6) is 0. The Kier molecular flexibility index (Phi) is 2.59. The lowest BCUT2D eigenvalue weighted by Gasteiger charge is -1.99. The monoisotopic (exact) mass is 154 g/mol. The molecule has 0 spiro atoms. The maximum absolute atomic E-state index is 5.59. The zero-order valence-electron chi connectivity index (χ0n) is 6.99. The Morgan fingerprint density at radius 1 is 1.73 bits per heavy atom. The van der Waals surface area contributed by atoms with Gasteiger partial charge in [0, 0.05) is 19.3 Å². The summed E-state index contributed by atoms with van der Waals surface area (Å²) in [6.45, 7) is 2.00. The van der Waals surface area contributed by atoms with Crippen LogP contribution in [0, 0.1) is 0 Å². The van der Waals surface area contributed by atoms with Crippen molar-refractivity contribution >= 4 is 0 Å². The Bertz CT molecular complexity index is 216. The van der Waals surface area contributed by atoms with E-state index in [0.717, 1.165) is 18.5 Å². The van der Waals surface area contributed by atoms with Crippen molar-refractivity contribution in [1.82, 2.24) is 15.0 Å². The summed E-state index contributed by atoms with van der Waals surface area (Å²) in [7, 11) is 1.86. The highest BCUT2D eigenvalue weighted by molar-refractivity contribution is 4.92. The third-order valence-electron chi connectivity index (χ3n) is 1.51.